The van der Waals surface area contributed by atoms with E-state index in [0.29, 0.717) is 25.9 Å². The highest BCUT2D eigenvalue weighted by molar-refractivity contribution is 5.76. The van der Waals surface area contributed by atoms with Gasteiger partial charge in [0, 0.05) is 12.8 Å². The molecule has 0 heterocycles. The Labute approximate surface area is 520 Å². The number of amides is 1. The second kappa shape index (κ2) is 73.1. The summed E-state index contributed by atoms with van der Waals surface area (Å²) < 4.78 is 5.51. The number of allylic oxidation sites excluding steroid dienone is 2. The van der Waals surface area contributed by atoms with Crippen molar-refractivity contribution in [2.45, 2.75) is 456 Å². The summed E-state index contributed by atoms with van der Waals surface area (Å²) in [6, 6.07) is -0.545. The molecule has 0 aliphatic rings. The van der Waals surface area contributed by atoms with Crippen molar-refractivity contribution in [2.75, 3.05) is 13.2 Å². The molecule has 0 bridgehead atoms. The molecule has 0 spiro atoms. The highest BCUT2D eigenvalue weighted by atomic mass is 16.5. The molecule has 1 amide bonds. The number of aliphatic hydroxyl groups excluding tert-OH is 2. The van der Waals surface area contributed by atoms with Gasteiger partial charge < -0.3 is 20.3 Å². The van der Waals surface area contributed by atoms with Gasteiger partial charge >= 0.3 is 5.97 Å². The van der Waals surface area contributed by atoms with Crippen molar-refractivity contribution in [1.82, 2.24) is 5.32 Å². The molecule has 6 heteroatoms. The predicted octanol–water partition coefficient (Wildman–Crippen LogP) is 25.1. The van der Waals surface area contributed by atoms with Crippen LogP contribution in [0, 0.1) is 0 Å². The van der Waals surface area contributed by atoms with Gasteiger partial charge in [-0.05, 0) is 51.4 Å². The Morgan fingerprint density at radius 2 is 0.566 bits per heavy atom. The molecular formula is C77H151NO5. The molecule has 0 rings (SSSR count). The second-order valence-corrected chi connectivity index (χ2v) is 26.7. The van der Waals surface area contributed by atoms with E-state index in [1.807, 2.05) is 0 Å². The summed E-state index contributed by atoms with van der Waals surface area (Å²) in [6.07, 6.45) is 91.4. The van der Waals surface area contributed by atoms with E-state index in [0.717, 1.165) is 38.5 Å². The minimum Gasteiger partial charge on any atom is -0.466 e. The van der Waals surface area contributed by atoms with E-state index in [2.05, 4.69) is 31.3 Å². The first kappa shape index (κ1) is 81.6. The van der Waals surface area contributed by atoms with Crippen LogP contribution in [0.1, 0.15) is 444 Å². The number of carbonyl (C=O) groups excluding carboxylic acids is 2. The quantitative estimate of drug-likeness (QED) is 0.0320. The first-order valence-electron chi connectivity index (χ1n) is 38.4. The Morgan fingerprint density at radius 3 is 0.855 bits per heavy atom. The fourth-order valence-electron chi connectivity index (χ4n) is 12.5. The third-order valence-electron chi connectivity index (χ3n) is 18.3. The summed E-state index contributed by atoms with van der Waals surface area (Å²) in [5.74, 6) is -0.0137. The molecule has 83 heavy (non-hydrogen) atoms. The van der Waals surface area contributed by atoms with Crippen molar-refractivity contribution in [3.05, 3.63) is 12.2 Å². The van der Waals surface area contributed by atoms with Gasteiger partial charge in [0.25, 0.3) is 0 Å². The highest BCUT2D eigenvalue weighted by Crippen LogP contribution is 2.20. The molecule has 0 aromatic carbocycles. The molecule has 2 atom stereocenters. The maximum Gasteiger partial charge on any atom is 0.305 e. The maximum absolute atomic E-state index is 12.6. The van der Waals surface area contributed by atoms with E-state index in [1.54, 1.807) is 0 Å². The fraction of sp³-hybridized carbons (Fsp3) is 0.948. The molecular weight excluding hydrogens is 1020 g/mol. The normalized spacial score (nSPS) is 12.5. The van der Waals surface area contributed by atoms with Crippen molar-refractivity contribution in [1.29, 1.82) is 0 Å². The molecule has 0 aliphatic carbocycles. The van der Waals surface area contributed by atoms with Crippen LogP contribution in [0.25, 0.3) is 0 Å². The van der Waals surface area contributed by atoms with Crippen LogP contribution < -0.4 is 5.32 Å². The van der Waals surface area contributed by atoms with Crippen LogP contribution in [0.15, 0.2) is 12.2 Å². The molecule has 0 aliphatic heterocycles. The zero-order valence-corrected chi connectivity index (χ0v) is 56.7. The van der Waals surface area contributed by atoms with Gasteiger partial charge in [-0.25, -0.2) is 0 Å². The lowest BCUT2D eigenvalue weighted by Gasteiger charge is -2.22. The second-order valence-electron chi connectivity index (χ2n) is 26.7. The van der Waals surface area contributed by atoms with Crippen LogP contribution in [-0.2, 0) is 14.3 Å². The van der Waals surface area contributed by atoms with Crippen molar-refractivity contribution in [3.8, 4) is 0 Å². The van der Waals surface area contributed by atoms with Gasteiger partial charge in [0.05, 0.1) is 25.4 Å². The van der Waals surface area contributed by atoms with Gasteiger partial charge in [-0.3, -0.25) is 9.59 Å². The topological polar surface area (TPSA) is 95.9 Å². The largest absolute Gasteiger partial charge is 0.466 e. The van der Waals surface area contributed by atoms with Crippen molar-refractivity contribution in [3.63, 3.8) is 0 Å². The Kier molecular flexibility index (Phi) is 71.8. The molecule has 494 valence electrons. The average Bonchev–Trinajstić information content (AvgIpc) is 3.49. The Hall–Kier alpha value is -1.40. The average molecular weight is 1170 g/mol. The molecule has 0 saturated carbocycles. The molecule has 0 saturated heterocycles. The Morgan fingerprint density at radius 1 is 0.325 bits per heavy atom. The van der Waals surface area contributed by atoms with Gasteiger partial charge in [0.1, 0.15) is 0 Å². The fourth-order valence-corrected chi connectivity index (χ4v) is 12.5. The SMILES string of the molecule is CCCCCCCCCCCCCCCCCCCCCCCCCCCC(O)C(CO)NC(=O)CCCCCCCCCCC/C=C\CCCCCCCCCCCCCCOC(=O)CCCCCCCCCCCCCCCCCC. The number of hydrogen-bond donors (Lipinski definition) is 3. The number of hydrogen-bond acceptors (Lipinski definition) is 5. The lowest BCUT2D eigenvalue weighted by atomic mass is 10.0. The van der Waals surface area contributed by atoms with Gasteiger partial charge in [0.15, 0.2) is 0 Å². The van der Waals surface area contributed by atoms with E-state index >= 15 is 0 Å². The number of aliphatic hydroxyl groups is 2. The number of rotatable bonds is 73. The van der Waals surface area contributed by atoms with E-state index in [-0.39, 0.29) is 18.5 Å². The van der Waals surface area contributed by atoms with Gasteiger partial charge in [-0.2, -0.15) is 0 Å². The zero-order chi connectivity index (χ0) is 59.9. The maximum atomic E-state index is 12.6. The van der Waals surface area contributed by atoms with Crippen LogP contribution in [0.5, 0.6) is 0 Å². The molecule has 0 aromatic heterocycles. The van der Waals surface area contributed by atoms with E-state index < -0.39 is 12.1 Å². The summed E-state index contributed by atoms with van der Waals surface area (Å²) in [5, 5.41) is 23.5. The van der Waals surface area contributed by atoms with Crippen LogP contribution in [-0.4, -0.2) is 47.4 Å². The molecule has 0 fully saturated rings. The van der Waals surface area contributed by atoms with Crippen LogP contribution in [0.4, 0.5) is 0 Å². The third-order valence-corrected chi connectivity index (χ3v) is 18.3. The van der Waals surface area contributed by atoms with Crippen LogP contribution in [0.2, 0.25) is 0 Å². The lowest BCUT2D eigenvalue weighted by molar-refractivity contribution is -0.143. The Bertz CT molecular complexity index is 1260. The molecule has 0 radical (unpaired) electrons. The molecule has 3 N–H and O–H groups in total. The molecule has 2 unspecified atom stereocenters. The van der Waals surface area contributed by atoms with Crippen molar-refractivity contribution >= 4 is 11.9 Å². The first-order chi connectivity index (χ1) is 41.0. The number of unbranched alkanes of at least 4 members (excludes halogenated alkanes) is 60. The van der Waals surface area contributed by atoms with Crippen LogP contribution >= 0.6 is 0 Å². The third kappa shape index (κ3) is 69.6. The van der Waals surface area contributed by atoms with Gasteiger partial charge in [-0.1, -0.05) is 392 Å². The lowest BCUT2D eigenvalue weighted by Crippen LogP contribution is -2.45. The summed E-state index contributed by atoms with van der Waals surface area (Å²) >= 11 is 0. The highest BCUT2D eigenvalue weighted by Gasteiger charge is 2.20. The molecule has 6 nitrogen and oxygen atoms in total. The smallest absolute Gasteiger partial charge is 0.305 e. The minimum atomic E-state index is -0.667. The summed E-state index contributed by atoms with van der Waals surface area (Å²) in [7, 11) is 0. The van der Waals surface area contributed by atoms with E-state index in [9.17, 15) is 19.8 Å². The number of nitrogens with one attached hydrogen (secondary N) is 1. The van der Waals surface area contributed by atoms with Gasteiger partial charge in [-0.15, -0.1) is 0 Å². The number of ether oxygens (including phenoxy) is 1. The van der Waals surface area contributed by atoms with Gasteiger partial charge in [0.2, 0.25) is 5.91 Å². The minimum absolute atomic E-state index is 0.0184. The monoisotopic (exact) mass is 1170 g/mol. The first-order valence-corrected chi connectivity index (χ1v) is 38.4. The summed E-state index contributed by atoms with van der Waals surface area (Å²) in [5.41, 5.74) is 0. The zero-order valence-electron chi connectivity index (χ0n) is 56.7. The number of carbonyl (C=O) groups is 2. The molecule has 0 aromatic rings. The Balaban J connectivity index is 3.38. The van der Waals surface area contributed by atoms with E-state index in [1.165, 1.54) is 372 Å². The summed E-state index contributed by atoms with van der Waals surface area (Å²) in [4.78, 5) is 24.7. The van der Waals surface area contributed by atoms with Crippen LogP contribution in [0.3, 0.4) is 0 Å². The summed E-state index contributed by atoms with van der Waals surface area (Å²) in [6.45, 7) is 5.01. The van der Waals surface area contributed by atoms with Crippen molar-refractivity contribution < 1.29 is 24.5 Å². The standard InChI is InChI=1S/C77H151NO5/c1-3-5-7-9-11-13-15-17-19-21-22-23-24-26-29-32-35-38-41-45-49-53-57-61-65-69-75(80)74(73-79)78-76(81)70-66-62-58-54-50-46-42-39-36-33-30-27-25-28-31-34-37-40-44-48-52-56-60-64-68-72-83-77(82)71-67-63-59-55-51-47-43-20-18-16-14-12-10-8-6-4-2/h27,30,74-75,79-80H,3-26,28-29,31-73H2,1-2H3,(H,78,81)/b30-27-. The van der Waals surface area contributed by atoms with Crippen molar-refractivity contribution in [2.24, 2.45) is 0 Å². The van der Waals surface area contributed by atoms with E-state index in [4.69, 9.17) is 4.74 Å². The number of esters is 1. The predicted molar refractivity (Wildman–Crippen MR) is 366 cm³/mol.